The highest BCUT2D eigenvalue weighted by Gasteiger charge is 2.15. The molecule has 5 heteroatoms. The molecule has 0 fully saturated rings. The van der Waals surface area contributed by atoms with Crippen molar-refractivity contribution < 1.29 is 19.4 Å². The van der Waals surface area contributed by atoms with Gasteiger partial charge >= 0.3 is 11.9 Å². The van der Waals surface area contributed by atoms with Crippen molar-refractivity contribution in [2.75, 3.05) is 7.11 Å². The summed E-state index contributed by atoms with van der Waals surface area (Å²) in [6.07, 6.45) is 2.46. The number of aryl methyl sites for hydroxylation is 1. The molecule has 0 amide bonds. The number of rotatable bonds is 4. The van der Waals surface area contributed by atoms with E-state index in [1.54, 1.807) is 16.8 Å². The number of nitrogens with zero attached hydrogens (tertiary/aromatic N) is 1. The summed E-state index contributed by atoms with van der Waals surface area (Å²) in [6.45, 7) is 1.98. The molecule has 1 heterocycles. The molecule has 0 radical (unpaired) electrons. The van der Waals surface area contributed by atoms with Crippen molar-refractivity contribution in [2.45, 2.75) is 19.9 Å². The van der Waals surface area contributed by atoms with Gasteiger partial charge in [0.15, 0.2) is 0 Å². The van der Waals surface area contributed by atoms with E-state index in [0.29, 0.717) is 5.52 Å². The number of aromatic carboxylic acids is 1. The molecule has 1 aromatic carbocycles. The Labute approximate surface area is 110 Å². The van der Waals surface area contributed by atoms with Crippen LogP contribution in [-0.4, -0.2) is 28.7 Å². The van der Waals surface area contributed by atoms with Gasteiger partial charge in [-0.1, -0.05) is 6.92 Å². The lowest BCUT2D eigenvalue weighted by molar-refractivity contribution is -0.141. The van der Waals surface area contributed by atoms with E-state index in [0.717, 1.165) is 17.4 Å². The molecule has 0 aliphatic carbocycles. The molecule has 19 heavy (non-hydrogen) atoms. The fourth-order valence-electron chi connectivity index (χ4n) is 2.11. The van der Waals surface area contributed by atoms with Crippen LogP contribution in [0.15, 0.2) is 24.4 Å². The van der Waals surface area contributed by atoms with Gasteiger partial charge in [0.05, 0.1) is 18.2 Å². The number of hydrogen-bond acceptors (Lipinski definition) is 3. The lowest BCUT2D eigenvalue weighted by Gasteiger charge is -2.08. The lowest BCUT2D eigenvalue weighted by Crippen LogP contribution is -2.12. The molecule has 0 atom stereocenters. The number of benzene rings is 1. The van der Waals surface area contributed by atoms with Crippen molar-refractivity contribution in [2.24, 2.45) is 0 Å². The van der Waals surface area contributed by atoms with E-state index in [-0.39, 0.29) is 12.1 Å². The number of fused-ring (bicyclic) bond motifs is 1. The molecule has 2 aromatic rings. The molecular weight excluding hydrogens is 246 g/mol. The van der Waals surface area contributed by atoms with Crippen LogP contribution in [0.2, 0.25) is 0 Å². The van der Waals surface area contributed by atoms with Crippen LogP contribution in [-0.2, 0) is 22.5 Å². The molecule has 0 aliphatic rings. The summed E-state index contributed by atoms with van der Waals surface area (Å²) in [7, 11) is 1.31. The fraction of sp³-hybridized carbons (Fsp3) is 0.286. The highest BCUT2D eigenvalue weighted by molar-refractivity contribution is 6.03. The second-order valence-corrected chi connectivity index (χ2v) is 4.26. The molecule has 1 N–H and O–H groups in total. The van der Waals surface area contributed by atoms with Crippen LogP contribution in [0.1, 0.15) is 22.8 Å². The summed E-state index contributed by atoms with van der Waals surface area (Å²) < 4.78 is 6.21. The molecule has 2 rings (SSSR count). The number of carboxylic acids is 1. The summed E-state index contributed by atoms with van der Waals surface area (Å²) in [6, 6.07) is 5.40. The zero-order valence-electron chi connectivity index (χ0n) is 10.8. The zero-order valence-corrected chi connectivity index (χ0v) is 10.8. The van der Waals surface area contributed by atoms with Crippen molar-refractivity contribution in [1.82, 2.24) is 4.57 Å². The monoisotopic (exact) mass is 261 g/mol. The Kier molecular flexibility index (Phi) is 3.55. The van der Waals surface area contributed by atoms with Crippen LogP contribution in [0.4, 0.5) is 0 Å². The minimum Gasteiger partial charge on any atom is -0.478 e. The second-order valence-electron chi connectivity index (χ2n) is 4.26. The van der Waals surface area contributed by atoms with Crippen LogP contribution in [0, 0.1) is 0 Å². The van der Waals surface area contributed by atoms with Gasteiger partial charge in [-0.05, 0) is 30.2 Å². The average Bonchev–Trinajstić information content (AvgIpc) is 2.80. The van der Waals surface area contributed by atoms with Gasteiger partial charge in [0.2, 0.25) is 0 Å². The van der Waals surface area contributed by atoms with E-state index in [4.69, 9.17) is 0 Å². The number of aromatic nitrogens is 1. The van der Waals surface area contributed by atoms with Gasteiger partial charge in [-0.15, -0.1) is 0 Å². The molecule has 1 aromatic heterocycles. The first-order valence-electron chi connectivity index (χ1n) is 5.98. The smallest absolute Gasteiger partial charge is 0.337 e. The number of hydrogen-bond donors (Lipinski definition) is 1. The predicted octanol–water partition coefficient (Wildman–Crippen LogP) is 2.07. The molecule has 100 valence electrons. The van der Waals surface area contributed by atoms with E-state index < -0.39 is 11.9 Å². The quantitative estimate of drug-likeness (QED) is 0.855. The first kappa shape index (κ1) is 13.1. The number of carboxylic acid groups (broad SMARTS) is 1. The summed E-state index contributed by atoms with van der Waals surface area (Å²) in [5.74, 6) is -1.40. The van der Waals surface area contributed by atoms with Crippen molar-refractivity contribution in [3.8, 4) is 0 Å². The van der Waals surface area contributed by atoms with E-state index in [9.17, 15) is 14.7 Å². The Balaban J connectivity index is 2.62. The first-order chi connectivity index (χ1) is 9.06. The molecular formula is C14H15NO4. The number of carbonyl (C=O) groups is 2. The Morgan fingerprint density at radius 2 is 2.11 bits per heavy atom. The minimum absolute atomic E-state index is 0.00571. The molecule has 0 saturated carbocycles. The number of ether oxygens (including phenoxy) is 1. The average molecular weight is 261 g/mol. The molecule has 5 nitrogen and oxygen atoms in total. The highest BCUT2D eigenvalue weighted by Crippen LogP contribution is 2.23. The number of esters is 1. The largest absolute Gasteiger partial charge is 0.478 e. The third-order valence-corrected chi connectivity index (χ3v) is 3.09. The molecule has 0 bridgehead atoms. The van der Waals surface area contributed by atoms with Crippen molar-refractivity contribution in [3.63, 3.8) is 0 Å². The topological polar surface area (TPSA) is 68.5 Å². The summed E-state index contributed by atoms with van der Waals surface area (Å²) in [4.78, 5) is 22.7. The summed E-state index contributed by atoms with van der Waals surface area (Å²) >= 11 is 0. The Hall–Kier alpha value is -2.30. The lowest BCUT2D eigenvalue weighted by atomic mass is 10.0. The molecule has 0 unspecified atom stereocenters. The van der Waals surface area contributed by atoms with Gasteiger partial charge < -0.3 is 14.4 Å². The van der Waals surface area contributed by atoms with E-state index in [1.165, 1.54) is 7.11 Å². The maximum absolute atomic E-state index is 11.4. The minimum atomic E-state index is -0.995. The van der Waals surface area contributed by atoms with Gasteiger partial charge in [0.1, 0.15) is 6.54 Å². The fourth-order valence-corrected chi connectivity index (χ4v) is 2.11. The Bertz CT molecular complexity index is 642. The van der Waals surface area contributed by atoms with Gasteiger partial charge in [-0.3, -0.25) is 4.79 Å². The van der Waals surface area contributed by atoms with Crippen LogP contribution in [0.5, 0.6) is 0 Å². The third-order valence-electron chi connectivity index (χ3n) is 3.09. The van der Waals surface area contributed by atoms with Crippen molar-refractivity contribution >= 4 is 22.8 Å². The van der Waals surface area contributed by atoms with Gasteiger partial charge in [-0.2, -0.15) is 0 Å². The number of carbonyl (C=O) groups excluding carboxylic acids is 1. The van der Waals surface area contributed by atoms with Crippen LogP contribution < -0.4 is 0 Å². The van der Waals surface area contributed by atoms with Crippen molar-refractivity contribution in [1.29, 1.82) is 0 Å². The molecule has 0 aliphatic heterocycles. The van der Waals surface area contributed by atoms with E-state index >= 15 is 0 Å². The highest BCUT2D eigenvalue weighted by atomic mass is 16.5. The van der Waals surface area contributed by atoms with Gasteiger partial charge in [-0.25, -0.2) is 4.79 Å². The summed E-state index contributed by atoms with van der Waals surface area (Å²) in [5, 5.41) is 10.1. The van der Waals surface area contributed by atoms with E-state index in [1.807, 2.05) is 19.1 Å². The maximum atomic E-state index is 11.4. The summed E-state index contributed by atoms with van der Waals surface area (Å²) in [5.41, 5.74) is 1.72. The molecule has 0 spiro atoms. The van der Waals surface area contributed by atoms with E-state index in [2.05, 4.69) is 4.74 Å². The Morgan fingerprint density at radius 1 is 1.37 bits per heavy atom. The van der Waals surface area contributed by atoms with Crippen LogP contribution >= 0.6 is 0 Å². The predicted molar refractivity (Wildman–Crippen MR) is 70.3 cm³/mol. The van der Waals surface area contributed by atoms with Gasteiger partial charge in [0, 0.05) is 11.6 Å². The molecule has 0 saturated heterocycles. The van der Waals surface area contributed by atoms with Gasteiger partial charge in [0.25, 0.3) is 0 Å². The normalized spacial score (nSPS) is 10.6. The SMILES string of the molecule is CCc1cc(C(=O)O)c2c(ccn2CC(=O)OC)c1. The standard InChI is InChI=1S/C14H15NO4/c1-3-9-6-10-4-5-15(8-12(16)19-2)13(10)11(7-9)14(17)18/h4-7H,3,8H2,1-2H3,(H,17,18). The van der Waals surface area contributed by atoms with Crippen LogP contribution in [0.25, 0.3) is 10.9 Å². The Morgan fingerprint density at radius 3 is 2.68 bits per heavy atom. The van der Waals surface area contributed by atoms with Crippen LogP contribution in [0.3, 0.4) is 0 Å². The third kappa shape index (κ3) is 2.45. The first-order valence-corrected chi connectivity index (χ1v) is 5.98. The zero-order chi connectivity index (χ0) is 14.0. The number of methoxy groups -OCH3 is 1. The van der Waals surface area contributed by atoms with Crippen molar-refractivity contribution in [3.05, 3.63) is 35.5 Å². The maximum Gasteiger partial charge on any atom is 0.337 e. The second kappa shape index (κ2) is 5.14.